The third-order valence-corrected chi connectivity index (χ3v) is 2.15. The third-order valence-electron chi connectivity index (χ3n) is 1.42. The first kappa shape index (κ1) is 15.8. The van der Waals surface area contributed by atoms with E-state index in [-0.39, 0.29) is 11.8 Å². The van der Waals surface area contributed by atoms with Crippen LogP contribution in [0.3, 0.4) is 0 Å². The fourth-order valence-corrected chi connectivity index (χ4v) is 0.544. The summed E-state index contributed by atoms with van der Waals surface area (Å²) in [6, 6.07) is -0.0618. The molecule has 1 aromatic rings. The Hall–Kier alpha value is -1.22. The maximum absolute atomic E-state index is 12.0. The molecule has 0 aliphatic carbocycles. The van der Waals surface area contributed by atoms with Crippen molar-refractivity contribution in [2.75, 3.05) is 5.75 Å². The fourth-order valence-electron chi connectivity index (χ4n) is 0.544. The van der Waals surface area contributed by atoms with Gasteiger partial charge in [0, 0.05) is 6.07 Å². The molecular weight excluding hydrogens is 271 g/mol. The third kappa shape index (κ3) is 5.09. The SMILES string of the molecule is CCS(=O)(=O)O.Fc1cc(F)c(F)c(F)c1F. The average molecular weight is 278 g/mol. The van der Waals surface area contributed by atoms with Crippen LogP contribution in [0.1, 0.15) is 6.92 Å². The highest BCUT2D eigenvalue weighted by Crippen LogP contribution is 2.16. The van der Waals surface area contributed by atoms with Gasteiger partial charge in [0.15, 0.2) is 23.3 Å². The van der Waals surface area contributed by atoms with Crippen molar-refractivity contribution >= 4 is 10.1 Å². The molecule has 1 aromatic carbocycles. The largest absolute Gasteiger partial charge is 0.286 e. The van der Waals surface area contributed by atoms with Gasteiger partial charge in [-0.1, -0.05) is 0 Å². The lowest BCUT2D eigenvalue weighted by atomic mass is 10.3. The molecular formula is C8H7F5O3S. The summed E-state index contributed by atoms with van der Waals surface area (Å²) in [6.45, 7) is 1.37. The van der Waals surface area contributed by atoms with Crippen LogP contribution in [0.2, 0.25) is 0 Å². The van der Waals surface area contributed by atoms with Crippen molar-refractivity contribution in [1.82, 2.24) is 0 Å². The molecule has 0 bridgehead atoms. The van der Waals surface area contributed by atoms with E-state index in [0.717, 1.165) is 0 Å². The van der Waals surface area contributed by atoms with Gasteiger partial charge in [0.05, 0.1) is 5.75 Å². The van der Waals surface area contributed by atoms with Crippen LogP contribution in [0.15, 0.2) is 6.07 Å². The second-order valence-electron chi connectivity index (χ2n) is 2.65. The van der Waals surface area contributed by atoms with Crippen molar-refractivity contribution < 1.29 is 34.9 Å². The van der Waals surface area contributed by atoms with Crippen LogP contribution >= 0.6 is 0 Å². The van der Waals surface area contributed by atoms with Gasteiger partial charge in [-0.25, -0.2) is 22.0 Å². The van der Waals surface area contributed by atoms with Crippen LogP contribution in [0.5, 0.6) is 0 Å². The van der Waals surface area contributed by atoms with Crippen LogP contribution in [0.25, 0.3) is 0 Å². The number of rotatable bonds is 1. The van der Waals surface area contributed by atoms with Gasteiger partial charge in [0.1, 0.15) is 0 Å². The zero-order chi connectivity index (χ0) is 13.8. The average Bonchev–Trinajstić information content (AvgIpc) is 2.23. The van der Waals surface area contributed by atoms with E-state index in [2.05, 4.69) is 0 Å². The Morgan fingerprint density at radius 1 is 1.00 bits per heavy atom. The van der Waals surface area contributed by atoms with Crippen molar-refractivity contribution in [2.45, 2.75) is 6.92 Å². The molecule has 0 aliphatic rings. The van der Waals surface area contributed by atoms with Crippen LogP contribution in [-0.4, -0.2) is 18.7 Å². The number of hydrogen-bond donors (Lipinski definition) is 1. The van der Waals surface area contributed by atoms with Gasteiger partial charge in [-0.05, 0) is 6.92 Å². The lowest BCUT2D eigenvalue weighted by Crippen LogP contribution is -1.98. The Kier molecular flexibility index (Phi) is 5.49. The summed E-state index contributed by atoms with van der Waals surface area (Å²) < 4.78 is 87.0. The minimum absolute atomic E-state index is 0.0618. The fraction of sp³-hybridized carbons (Fsp3) is 0.250. The number of benzene rings is 1. The molecule has 0 atom stereocenters. The molecule has 0 unspecified atom stereocenters. The first-order chi connectivity index (χ1) is 7.60. The van der Waals surface area contributed by atoms with E-state index >= 15 is 0 Å². The molecule has 0 fully saturated rings. The molecule has 17 heavy (non-hydrogen) atoms. The zero-order valence-corrected chi connectivity index (χ0v) is 9.16. The normalized spacial score (nSPS) is 10.8. The molecule has 1 rings (SSSR count). The summed E-state index contributed by atoms with van der Waals surface area (Å²) >= 11 is 0. The van der Waals surface area contributed by atoms with E-state index in [4.69, 9.17) is 4.55 Å². The van der Waals surface area contributed by atoms with Crippen molar-refractivity contribution in [1.29, 1.82) is 0 Å². The second kappa shape index (κ2) is 5.92. The van der Waals surface area contributed by atoms with E-state index < -0.39 is 39.2 Å². The number of halogens is 5. The quantitative estimate of drug-likeness (QED) is 0.371. The smallest absolute Gasteiger partial charge is 0.264 e. The van der Waals surface area contributed by atoms with E-state index in [1.807, 2.05) is 0 Å². The Bertz CT molecular complexity index is 474. The van der Waals surface area contributed by atoms with E-state index in [1.54, 1.807) is 0 Å². The summed E-state index contributed by atoms with van der Waals surface area (Å²) in [5.41, 5.74) is 0. The molecule has 0 saturated carbocycles. The zero-order valence-electron chi connectivity index (χ0n) is 8.35. The van der Waals surface area contributed by atoms with E-state index in [0.29, 0.717) is 0 Å². The van der Waals surface area contributed by atoms with Gasteiger partial charge >= 0.3 is 0 Å². The molecule has 0 amide bonds. The second-order valence-corrected chi connectivity index (χ2v) is 4.39. The van der Waals surface area contributed by atoms with Crippen molar-refractivity contribution in [3.63, 3.8) is 0 Å². The molecule has 0 radical (unpaired) electrons. The Labute approximate surface area is 93.6 Å². The molecule has 0 aliphatic heterocycles. The van der Waals surface area contributed by atoms with Gasteiger partial charge in [0.2, 0.25) is 5.82 Å². The minimum Gasteiger partial charge on any atom is -0.286 e. The molecule has 1 N–H and O–H groups in total. The Morgan fingerprint density at radius 2 is 1.29 bits per heavy atom. The summed E-state index contributed by atoms with van der Waals surface area (Å²) in [6.07, 6.45) is 0. The van der Waals surface area contributed by atoms with Crippen molar-refractivity contribution in [3.8, 4) is 0 Å². The monoisotopic (exact) mass is 278 g/mol. The van der Waals surface area contributed by atoms with Crippen LogP contribution < -0.4 is 0 Å². The van der Waals surface area contributed by atoms with Crippen LogP contribution in [-0.2, 0) is 10.1 Å². The maximum Gasteiger partial charge on any atom is 0.264 e. The van der Waals surface area contributed by atoms with Gasteiger partial charge in [0.25, 0.3) is 10.1 Å². The Balaban J connectivity index is 0.000000366. The first-order valence-electron chi connectivity index (χ1n) is 4.03. The van der Waals surface area contributed by atoms with Crippen molar-refractivity contribution in [2.24, 2.45) is 0 Å². The highest BCUT2D eigenvalue weighted by atomic mass is 32.2. The van der Waals surface area contributed by atoms with Gasteiger partial charge < -0.3 is 0 Å². The summed E-state index contributed by atoms with van der Waals surface area (Å²) in [5.74, 6) is -9.86. The predicted octanol–water partition coefficient (Wildman–Crippen LogP) is 2.28. The maximum atomic E-state index is 12.0. The lowest BCUT2D eigenvalue weighted by molar-refractivity contribution is 0.378. The highest BCUT2D eigenvalue weighted by Gasteiger charge is 2.18. The molecule has 0 saturated heterocycles. The van der Waals surface area contributed by atoms with Gasteiger partial charge in [-0.2, -0.15) is 8.42 Å². The van der Waals surface area contributed by atoms with Crippen molar-refractivity contribution in [3.05, 3.63) is 35.2 Å². The highest BCUT2D eigenvalue weighted by molar-refractivity contribution is 7.85. The van der Waals surface area contributed by atoms with E-state index in [9.17, 15) is 30.4 Å². The summed E-state index contributed by atoms with van der Waals surface area (Å²) in [4.78, 5) is 0. The molecule has 0 spiro atoms. The summed E-state index contributed by atoms with van der Waals surface area (Å²) in [5, 5.41) is 0. The molecule has 3 nitrogen and oxygen atoms in total. The van der Waals surface area contributed by atoms with Gasteiger partial charge in [-0.15, -0.1) is 0 Å². The van der Waals surface area contributed by atoms with Gasteiger partial charge in [-0.3, -0.25) is 4.55 Å². The molecule has 0 heterocycles. The van der Waals surface area contributed by atoms with Crippen LogP contribution in [0.4, 0.5) is 22.0 Å². The Morgan fingerprint density at radius 3 is 1.53 bits per heavy atom. The minimum atomic E-state index is -3.66. The molecule has 98 valence electrons. The lowest BCUT2D eigenvalue weighted by Gasteiger charge is -1.96. The van der Waals surface area contributed by atoms with E-state index in [1.165, 1.54) is 6.92 Å². The number of hydrogen-bond acceptors (Lipinski definition) is 2. The summed E-state index contributed by atoms with van der Waals surface area (Å²) in [7, 11) is -3.66. The molecule has 0 aromatic heterocycles. The first-order valence-corrected chi connectivity index (χ1v) is 5.64. The van der Waals surface area contributed by atoms with Crippen LogP contribution in [0, 0.1) is 29.1 Å². The molecule has 9 heteroatoms. The predicted molar refractivity (Wildman–Crippen MR) is 48.3 cm³/mol. The topological polar surface area (TPSA) is 54.4 Å². The standard InChI is InChI=1S/C6HF5.C2H6O3S/c7-2-1-3(8)5(10)6(11)4(2)9;1-2-6(3,4)5/h1H;2H2,1H3,(H,3,4,5).